The summed E-state index contributed by atoms with van der Waals surface area (Å²) < 4.78 is 0. The molecule has 0 aliphatic carbocycles. The SMILES string of the molecule is CCN(CC)C(=O)c1ccc(C(=O)NCCCO)cc1. The Morgan fingerprint density at radius 3 is 2.15 bits per heavy atom. The lowest BCUT2D eigenvalue weighted by atomic mass is 10.1. The zero-order chi connectivity index (χ0) is 15.0. The first-order chi connectivity index (χ1) is 9.63. The molecule has 1 aromatic rings. The van der Waals surface area contributed by atoms with Gasteiger partial charge in [0, 0.05) is 37.4 Å². The van der Waals surface area contributed by atoms with Gasteiger partial charge in [-0.3, -0.25) is 9.59 Å². The van der Waals surface area contributed by atoms with Crippen LogP contribution in [0.4, 0.5) is 0 Å². The molecule has 0 heterocycles. The molecule has 1 rings (SSSR count). The summed E-state index contributed by atoms with van der Waals surface area (Å²) in [5, 5.41) is 11.4. The van der Waals surface area contributed by atoms with E-state index in [-0.39, 0.29) is 18.4 Å². The van der Waals surface area contributed by atoms with Crippen molar-refractivity contribution in [2.45, 2.75) is 20.3 Å². The number of rotatable bonds is 7. The van der Waals surface area contributed by atoms with Crippen molar-refractivity contribution in [3.05, 3.63) is 35.4 Å². The van der Waals surface area contributed by atoms with Gasteiger partial charge in [0.1, 0.15) is 0 Å². The summed E-state index contributed by atoms with van der Waals surface area (Å²) in [7, 11) is 0. The van der Waals surface area contributed by atoms with Gasteiger partial charge in [-0.1, -0.05) is 0 Å². The number of hydrogen-bond donors (Lipinski definition) is 2. The lowest BCUT2D eigenvalue weighted by molar-refractivity contribution is 0.0772. The lowest BCUT2D eigenvalue weighted by Gasteiger charge is -2.18. The highest BCUT2D eigenvalue weighted by Crippen LogP contribution is 2.08. The van der Waals surface area contributed by atoms with Crippen molar-refractivity contribution in [3.63, 3.8) is 0 Å². The number of hydrogen-bond acceptors (Lipinski definition) is 3. The van der Waals surface area contributed by atoms with Crippen molar-refractivity contribution in [1.29, 1.82) is 0 Å². The summed E-state index contributed by atoms with van der Waals surface area (Å²) in [6, 6.07) is 6.62. The minimum Gasteiger partial charge on any atom is -0.396 e. The largest absolute Gasteiger partial charge is 0.396 e. The average Bonchev–Trinajstić information content (AvgIpc) is 2.48. The van der Waals surface area contributed by atoms with Gasteiger partial charge in [-0.05, 0) is 44.5 Å². The smallest absolute Gasteiger partial charge is 0.253 e. The molecule has 5 heteroatoms. The van der Waals surface area contributed by atoms with Gasteiger partial charge in [-0.15, -0.1) is 0 Å². The number of benzene rings is 1. The molecule has 110 valence electrons. The van der Waals surface area contributed by atoms with Crippen molar-refractivity contribution >= 4 is 11.8 Å². The van der Waals surface area contributed by atoms with E-state index in [1.807, 2.05) is 13.8 Å². The fourth-order valence-corrected chi connectivity index (χ4v) is 1.84. The first-order valence-electron chi connectivity index (χ1n) is 6.92. The molecule has 0 aliphatic heterocycles. The minimum atomic E-state index is -0.194. The minimum absolute atomic E-state index is 0.0257. The molecule has 0 bridgehead atoms. The predicted octanol–water partition coefficient (Wildman–Crippen LogP) is 1.28. The predicted molar refractivity (Wildman–Crippen MR) is 77.7 cm³/mol. The van der Waals surface area contributed by atoms with E-state index in [9.17, 15) is 9.59 Å². The molecule has 2 amide bonds. The van der Waals surface area contributed by atoms with Crippen LogP contribution in [-0.4, -0.2) is 48.1 Å². The van der Waals surface area contributed by atoms with Crippen LogP contribution in [0.5, 0.6) is 0 Å². The zero-order valence-electron chi connectivity index (χ0n) is 12.1. The molecule has 0 aliphatic rings. The van der Waals surface area contributed by atoms with Gasteiger partial charge >= 0.3 is 0 Å². The van der Waals surface area contributed by atoms with E-state index in [2.05, 4.69) is 5.32 Å². The third-order valence-electron chi connectivity index (χ3n) is 3.07. The topological polar surface area (TPSA) is 69.6 Å². The molecule has 0 saturated heterocycles. The fraction of sp³-hybridized carbons (Fsp3) is 0.467. The van der Waals surface area contributed by atoms with Gasteiger partial charge < -0.3 is 15.3 Å². The number of carbonyl (C=O) groups is 2. The fourth-order valence-electron chi connectivity index (χ4n) is 1.84. The molecular weight excluding hydrogens is 256 g/mol. The summed E-state index contributed by atoms with van der Waals surface area (Å²) in [6.07, 6.45) is 0.532. The molecule has 0 fully saturated rings. The van der Waals surface area contributed by atoms with Crippen LogP contribution in [0.1, 0.15) is 41.0 Å². The van der Waals surface area contributed by atoms with E-state index >= 15 is 0 Å². The van der Waals surface area contributed by atoms with Gasteiger partial charge in [0.15, 0.2) is 0 Å². The van der Waals surface area contributed by atoms with E-state index < -0.39 is 0 Å². The third-order valence-corrected chi connectivity index (χ3v) is 3.07. The molecule has 0 spiro atoms. The van der Waals surface area contributed by atoms with Crippen molar-refractivity contribution < 1.29 is 14.7 Å². The molecule has 1 aromatic carbocycles. The number of nitrogens with zero attached hydrogens (tertiary/aromatic N) is 1. The van der Waals surface area contributed by atoms with Crippen LogP contribution in [0.3, 0.4) is 0 Å². The van der Waals surface area contributed by atoms with Crippen LogP contribution in [0.2, 0.25) is 0 Å². The van der Waals surface area contributed by atoms with Crippen molar-refractivity contribution in [2.75, 3.05) is 26.2 Å². The van der Waals surface area contributed by atoms with Crippen molar-refractivity contribution in [3.8, 4) is 0 Å². The second kappa shape index (κ2) is 8.32. The Hall–Kier alpha value is -1.88. The Morgan fingerprint density at radius 2 is 1.65 bits per heavy atom. The van der Waals surface area contributed by atoms with Gasteiger partial charge in [-0.25, -0.2) is 0 Å². The van der Waals surface area contributed by atoms with Gasteiger partial charge in [0.05, 0.1) is 0 Å². The van der Waals surface area contributed by atoms with Crippen LogP contribution in [0.15, 0.2) is 24.3 Å². The quantitative estimate of drug-likeness (QED) is 0.738. The van der Waals surface area contributed by atoms with Crippen molar-refractivity contribution in [2.24, 2.45) is 0 Å². The molecule has 0 aromatic heterocycles. The van der Waals surface area contributed by atoms with E-state index in [1.165, 1.54) is 0 Å². The number of nitrogens with one attached hydrogen (secondary N) is 1. The van der Waals surface area contributed by atoms with E-state index in [1.54, 1.807) is 29.2 Å². The van der Waals surface area contributed by atoms with Gasteiger partial charge in [0.2, 0.25) is 0 Å². The summed E-state index contributed by atoms with van der Waals surface area (Å²) in [5.41, 5.74) is 1.10. The highest BCUT2D eigenvalue weighted by atomic mass is 16.3. The molecule has 0 atom stereocenters. The van der Waals surface area contributed by atoms with Crippen LogP contribution in [-0.2, 0) is 0 Å². The molecule has 0 radical (unpaired) electrons. The standard InChI is InChI=1S/C15H22N2O3/c1-3-17(4-2)15(20)13-8-6-12(7-9-13)14(19)16-10-5-11-18/h6-9,18H,3-5,10-11H2,1-2H3,(H,16,19). The molecule has 20 heavy (non-hydrogen) atoms. The van der Waals surface area contributed by atoms with Crippen molar-refractivity contribution in [1.82, 2.24) is 10.2 Å². The molecule has 5 nitrogen and oxygen atoms in total. The Morgan fingerprint density at radius 1 is 1.10 bits per heavy atom. The Labute approximate surface area is 119 Å². The molecule has 0 unspecified atom stereocenters. The first kappa shape index (κ1) is 16.2. The summed E-state index contributed by atoms with van der Waals surface area (Å²) >= 11 is 0. The van der Waals surface area contributed by atoms with Crippen LogP contribution in [0.25, 0.3) is 0 Å². The van der Waals surface area contributed by atoms with Gasteiger partial charge in [0.25, 0.3) is 11.8 Å². The number of aliphatic hydroxyl groups excluding tert-OH is 1. The number of carbonyl (C=O) groups excluding carboxylic acids is 2. The number of aliphatic hydroxyl groups is 1. The summed E-state index contributed by atoms with van der Waals surface area (Å²) in [5.74, 6) is -0.220. The van der Waals surface area contributed by atoms with Gasteiger partial charge in [-0.2, -0.15) is 0 Å². The van der Waals surface area contributed by atoms with E-state index in [0.717, 1.165) is 0 Å². The second-order valence-electron chi connectivity index (χ2n) is 4.39. The molecule has 0 saturated carbocycles. The van der Waals surface area contributed by atoms with E-state index in [0.29, 0.717) is 37.2 Å². The Balaban J connectivity index is 2.68. The average molecular weight is 278 g/mol. The molecule has 2 N–H and O–H groups in total. The maximum atomic E-state index is 12.1. The van der Waals surface area contributed by atoms with Crippen LogP contribution >= 0.6 is 0 Å². The maximum Gasteiger partial charge on any atom is 0.253 e. The first-order valence-corrected chi connectivity index (χ1v) is 6.92. The number of amides is 2. The highest BCUT2D eigenvalue weighted by Gasteiger charge is 2.13. The lowest BCUT2D eigenvalue weighted by Crippen LogP contribution is -2.30. The van der Waals surface area contributed by atoms with Crippen LogP contribution < -0.4 is 5.32 Å². The highest BCUT2D eigenvalue weighted by molar-refractivity contribution is 5.97. The third kappa shape index (κ3) is 4.35. The normalized spacial score (nSPS) is 10.2. The molecular formula is C15H22N2O3. The second-order valence-corrected chi connectivity index (χ2v) is 4.39. The Bertz CT molecular complexity index is 439. The Kier molecular flexibility index (Phi) is 6.73. The van der Waals surface area contributed by atoms with E-state index in [4.69, 9.17) is 5.11 Å². The zero-order valence-corrected chi connectivity index (χ0v) is 12.1. The summed E-state index contributed by atoms with van der Waals surface area (Å²) in [4.78, 5) is 25.6. The van der Waals surface area contributed by atoms with Crippen LogP contribution in [0, 0.1) is 0 Å². The summed E-state index contributed by atoms with van der Waals surface area (Å²) in [6.45, 7) is 5.69. The monoisotopic (exact) mass is 278 g/mol. The maximum absolute atomic E-state index is 12.1.